The smallest absolute Gasteiger partial charge is 0.334 e. The molecule has 1 aliphatic carbocycles. The Morgan fingerprint density at radius 2 is 2.00 bits per heavy atom. The first-order valence-corrected chi connectivity index (χ1v) is 11.3. The van der Waals surface area contributed by atoms with Crippen molar-refractivity contribution in [3.05, 3.63) is 58.4 Å². The molecule has 1 aromatic carbocycles. The van der Waals surface area contributed by atoms with Gasteiger partial charge >= 0.3 is 5.97 Å². The van der Waals surface area contributed by atoms with Crippen LogP contribution < -0.4 is 0 Å². The number of benzene rings is 1. The maximum Gasteiger partial charge on any atom is 0.334 e. The minimum absolute atomic E-state index is 0.160. The van der Waals surface area contributed by atoms with E-state index in [1.165, 1.54) is 11.1 Å². The van der Waals surface area contributed by atoms with E-state index in [0.29, 0.717) is 36.6 Å². The van der Waals surface area contributed by atoms with Gasteiger partial charge in [-0.3, -0.25) is 4.90 Å². The Hall–Kier alpha value is -2.33. The molecular formula is C24H28ClN3O3. The summed E-state index contributed by atoms with van der Waals surface area (Å²) in [4.78, 5) is 17.2. The van der Waals surface area contributed by atoms with Crippen LogP contribution in [0.4, 0.5) is 0 Å². The molecule has 1 saturated carbocycles. The number of aliphatic carboxylic acids is 1. The first kappa shape index (κ1) is 21.9. The summed E-state index contributed by atoms with van der Waals surface area (Å²) >= 11 is 6.02. The number of hydrogen-bond donors (Lipinski definition) is 2. The molecule has 0 amide bonds. The lowest BCUT2D eigenvalue weighted by Gasteiger charge is -2.45. The molecule has 2 atom stereocenters. The minimum Gasteiger partial charge on any atom is -0.479 e. The van der Waals surface area contributed by atoms with Crippen LogP contribution in [-0.2, 0) is 22.4 Å². The van der Waals surface area contributed by atoms with Crippen molar-refractivity contribution in [2.75, 3.05) is 13.2 Å². The largest absolute Gasteiger partial charge is 0.479 e. The van der Waals surface area contributed by atoms with Crippen LogP contribution in [0.5, 0.6) is 0 Å². The Morgan fingerprint density at radius 3 is 2.68 bits per heavy atom. The topological polar surface area (TPSA) is 89.3 Å². The van der Waals surface area contributed by atoms with Crippen LogP contribution >= 0.6 is 11.6 Å². The first-order chi connectivity index (χ1) is 15.0. The number of nitrogens with zero attached hydrogens (tertiary/aromatic N) is 2. The maximum absolute atomic E-state index is 11.6. The van der Waals surface area contributed by atoms with Crippen molar-refractivity contribution in [2.45, 2.75) is 62.6 Å². The van der Waals surface area contributed by atoms with E-state index in [4.69, 9.17) is 21.6 Å². The molecule has 1 aromatic heterocycles. The molecule has 2 aromatic rings. The predicted octanol–water partition coefficient (Wildman–Crippen LogP) is 4.16. The second kappa shape index (κ2) is 9.86. The zero-order valence-corrected chi connectivity index (χ0v) is 18.2. The van der Waals surface area contributed by atoms with Crippen molar-refractivity contribution < 1.29 is 14.6 Å². The van der Waals surface area contributed by atoms with Gasteiger partial charge in [-0.25, -0.2) is 4.79 Å². The van der Waals surface area contributed by atoms with Crippen LogP contribution in [0.25, 0.3) is 0 Å². The molecule has 0 radical (unpaired) electrons. The van der Waals surface area contributed by atoms with E-state index < -0.39 is 12.1 Å². The number of nitrogens with one attached hydrogen (secondary N) is 1. The summed E-state index contributed by atoms with van der Waals surface area (Å²) in [6.45, 7) is 0.855. The zero-order chi connectivity index (χ0) is 21.8. The summed E-state index contributed by atoms with van der Waals surface area (Å²) < 4.78 is 5.69. The van der Waals surface area contributed by atoms with Gasteiger partial charge in [0.15, 0.2) is 6.10 Å². The van der Waals surface area contributed by atoms with Gasteiger partial charge in [-0.2, -0.15) is 5.26 Å². The number of ether oxygens (including phenoxy) is 1. The van der Waals surface area contributed by atoms with Gasteiger partial charge in [-0.1, -0.05) is 23.7 Å². The SMILES string of the molecule is N#CCc1cc(C2CCC(N3C[C@H](C(=O)O)OC[C@@H]3Cc3ccc(Cl)cc3)CC2)c[nH]1. The fourth-order valence-corrected chi connectivity index (χ4v) is 5.13. The quantitative estimate of drug-likeness (QED) is 0.702. The number of aromatic nitrogens is 1. The van der Waals surface area contributed by atoms with Crippen molar-refractivity contribution >= 4 is 17.6 Å². The van der Waals surface area contributed by atoms with Gasteiger partial charge in [0.2, 0.25) is 0 Å². The van der Waals surface area contributed by atoms with Crippen LogP contribution in [0.3, 0.4) is 0 Å². The highest BCUT2D eigenvalue weighted by atomic mass is 35.5. The van der Waals surface area contributed by atoms with E-state index in [0.717, 1.165) is 37.8 Å². The summed E-state index contributed by atoms with van der Waals surface area (Å²) in [6.07, 6.45) is 6.70. The van der Waals surface area contributed by atoms with Crippen LogP contribution in [0.15, 0.2) is 36.5 Å². The number of morpholine rings is 1. The van der Waals surface area contributed by atoms with Crippen LogP contribution in [0.1, 0.15) is 48.4 Å². The van der Waals surface area contributed by atoms with Gasteiger partial charge in [0.1, 0.15) is 0 Å². The van der Waals surface area contributed by atoms with Gasteiger partial charge in [0.05, 0.1) is 19.1 Å². The average molecular weight is 442 g/mol. The van der Waals surface area contributed by atoms with Crippen molar-refractivity contribution in [2.24, 2.45) is 0 Å². The Kier molecular flexibility index (Phi) is 6.96. The Labute approximate surface area is 187 Å². The maximum atomic E-state index is 11.6. The summed E-state index contributed by atoms with van der Waals surface area (Å²) in [5.41, 5.74) is 3.44. The molecule has 2 aliphatic rings. The molecular weight excluding hydrogens is 414 g/mol. The molecule has 0 spiro atoms. The van der Waals surface area contributed by atoms with E-state index in [-0.39, 0.29) is 6.04 Å². The number of nitriles is 1. The van der Waals surface area contributed by atoms with Crippen molar-refractivity contribution in [3.63, 3.8) is 0 Å². The Balaban J connectivity index is 1.42. The van der Waals surface area contributed by atoms with Gasteiger partial charge in [-0.15, -0.1) is 0 Å². The second-order valence-corrected chi connectivity index (χ2v) is 9.08. The number of rotatable bonds is 6. The molecule has 0 bridgehead atoms. The van der Waals surface area contributed by atoms with Crippen molar-refractivity contribution in [1.82, 2.24) is 9.88 Å². The molecule has 0 unspecified atom stereocenters. The Morgan fingerprint density at radius 1 is 1.26 bits per heavy atom. The molecule has 6 nitrogen and oxygen atoms in total. The number of hydrogen-bond acceptors (Lipinski definition) is 4. The third-order valence-electron chi connectivity index (χ3n) is 6.67. The van der Waals surface area contributed by atoms with Crippen LogP contribution in [0.2, 0.25) is 5.02 Å². The third kappa shape index (κ3) is 5.30. The zero-order valence-electron chi connectivity index (χ0n) is 17.5. The fourth-order valence-electron chi connectivity index (χ4n) is 5.01. The van der Waals surface area contributed by atoms with Gasteiger partial charge in [0, 0.05) is 35.5 Å². The first-order valence-electron chi connectivity index (χ1n) is 10.9. The highest BCUT2D eigenvalue weighted by Gasteiger charge is 2.38. The van der Waals surface area contributed by atoms with Crippen LogP contribution in [-0.4, -0.2) is 52.3 Å². The number of carboxylic acids is 1. The van der Waals surface area contributed by atoms with Crippen molar-refractivity contribution in [3.8, 4) is 6.07 Å². The van der Waals surface area contributed by atoms with E-state index in [1.54, 1.807) is 0 Å². The van der Waals surface area contributed by atoms with E-state index >= 15 is 0 Å². The lowest BCUT2D eigenvalue weighted by Crippen LogP contribution is -2.57. The molecule has 1 saturated heterocycles. The minimum atomic E-state index is -0.888. The van der Waals surface area contributed by atoms with Gasteiger partial charge in [-0.05, 0) is 67.3 Å². The molecule has 1 aliphatic heterocycles. The fraction of sp³-hybridized carbons (Fsp3) is 0.500. The summed E-state index contributed by atoms with van der Waals surface area (Å²) in [7, 11) is 0. The second-order valence-electron chi connectivity index (χ2n) is 8.64. The Bertz CT molecular complexity index is 928. The number of H-pyrrole nitrogens is 1. The van der Waals surface area contributed by atoms with Crippen molar-refractivity contribution in [1.29, 1.82) is 5.26 Å². The average Bonchev–Trinajstić information content (AvgIpc) is 3.24. The summed E-state index contributed by atoms with van der Waals surface area (Å²) in [5, 5.41) is 19.1. The number of carboxylic acid groups (broad SMARTS) is 1. The lowest BCUT2D eigenvalue weighted by atomic mass is 9.81. The molecule has 4 rings (SSSR count). The van der Waals surface area contributed by atoms with Crippen LogP contribution in [0, 0.1) is 11.3 Å². The highest BCUT2D eigenvalue weighted by Crippen LogP contribution is 2.37. The van der Waals surface area contributed by atoms with E-state index in [9.17, 15) is 9.90 Å². The standard InChI is InChI=1S/C24H28ClN3O3/c25-19-5-1-16(2-6-19)11-22-15-31-23(24(29)30)14-28(22)21-7-3-17(4-8-21)18-12-20(9-10-26)27-13-18/h1-2,5-6,12-13,17,21-23,27H,3-4,7-9,11,14-15H2,(H,29,30)/t17?,21?,22-,23+/m0/s1. The summed E-state index contributed by atoms with van der Waals surface area (Å²) in [5.74, 6) is -0.396. The number of halogens is 1. The third-order valence-corrected chi connectivity index (χ3v) is 6.92. The summed E-state index contributed by atoms with van der Waals surface area (Å²) in [6, 6.07) is 12.7. The monoisotopic (exact) mass is 441 g/mol. The molecule has 2 heterocycles. The van der Waals surface area contributed by atoms with Gasteiger partial charge < -0.3 is 14.8 Å². The highest BCUT2D eigenvalue weighted by molar-refractivity contribution is 6.30. The normalized spacial score (nSPS) is 27.0. The molecule has 2 fully saturated rings. The molecule has 7 heteroatoms. The number of carbonyl (C=O) groups is 1. The van der Waals surface area contributed by atoms with Gasteiger partial charge in [0.25, 0.3) is 0 Å². The molecule has 164 valence electrons. The predicted molar refractivity (Wildman–Crippen MR) is 118 cm³/mol. The number of aromatic amines is 1. The lowest BCUT2D eigenvalue weighted by molar-refractivity contribution is -0.162. The van der Waals surface area contributed by atoms with E-state index in [2.05, 4.69) is 22.0 Å². The van der Waals surface area contributed by atoms with E-state index in [1.807, 2.05) is 30.5 Å². The molecule has 31 heavy (non-hydrogen) atoms. The molecule has 2 N–H and O–H groups in total.